The highest BCUT2D eigenvalue weighted by molar-refractivity contribution is 7.99. The minimum absolute atomic E-state index is 0.676. The van der Waals surface area contributed by atoms with Crippen LogP contribution in [0.2, 0.25) is 0 Å². The Bertz CT molecular complexity index is 622. The largest absolute Gasteiger partial charge is 0.371 e. The number of nitrogens with one attached hydrogen (secondary N) is 2. The van der Waals surface area contributed by atoms with Crippen LogP contribution in [0.3, 0.4) is 0 Å². The topological polar surface area (TPSA) is 62.2 Å². The predicted octanol–water partition coefficient (Wildman–Crippen LogP) is 3.17. The second kappa shape index (κ2) is 7.19. The summed E-state index contributed by atoms with van der Waals surface area (Å²) in [6.07, 6.45) is 0. The fourth-order valence-corrected chi connectivity index (χ4v) is 2.78. The molecule has 110 valence electrons. The molecular weight excluding hydrogens is 282 g/mol. The van der Waals surface area contributed by atoms with Crippen LogP contribution < -0.4 is 10.6 Å². The van der Waals surface area contributed by atoms with Crippen molar-refractivity contribution in [1.82, 2.24) is 15.3 Å². The zero-order chi connectivity index (χ0) is 15.2. The van der Waals surface area contributed by atoms with E-state index in [1.807, 2.05) is 45.2 Å². The lowest BCUT2D eigenvalue weighted by Crippen LogP contribution is -2.16. The number of aromatic nitrogens is 2. The molecule has 6 heteroatoms. The van der Waals surface area contributed by atoms with Crippen molar-refractivity contribution in [3.05, 3.63) is 35.7 Å². The van der Waals surface area contributed by atoms with E-state index in [2.05, 4.69) is 32.3 Å². The van der Waals surface area contributed by atoms with E-state index in [0.717, 1.165) is 32.8 Å². The van der Waals surface area contributed by atoms with Crippen molar-refractivity contribution in [2.45, 2.75) is 23.9 Å². The lowest BCUT2D eigenvalue weighted by Gasteiger charge is -2.10. The van der Waals surface area contributed by atoms with E-state index in [1.54, 1.807) is 0 Å². The van der Waals surface area contributed by atoms with Gasteiger partial charge in [0.2, 0.25) is 0 Å². The second-order valence-electron chi connectivity index (χ2n) is 4.58. The summed E-state index contributed by atoms with van der Waals surface area (Å²) in [5.74, 6) is 0. The number of hydrogen-bond donors (Lipinski definition) is 2. The summed E-state index contributed by atoms with van der Waals surface area (Å²) in [4.78, 5) is 14.0. The zero-order valence-electron chi connectivity index (χ0n) is 12.5. The van der Waals surface area contributed by atoms with Crippen molar-refractivity contribution in [2.24, 2.45) is 4.99 Å². The summed E-state index contributed by atoms with van der Waals surface area (Å²) < 4.78 is 0. The SMILES string of the molecule is C=Nc1cc(Sc2nc(C)cc(C)n2)ccc1NCNC. The number of nitrogens with zero attached hydrogens (tertiary/aromatic N) is 3. The number of hydrogen-bond acceptors (Lipinski definition) is 6. The summed E-state index contributed by atoms with van der Waals surface area (Å²) in [6.45, 7) is 8.25. The molecule has 0 saturated heterocycles. The molecule has 0 saturated carbocycles. The summed E-state index contributed by atoms with van der Waals surface area (Å²) >= 11 is 1.52. The first-order valence-corrected chi connectivity index (χ1v) is 7.43. The first-order valence-electron chi connectivity index (χ1n) is 6.62. The Labute approximate surface area is 129 Å². The lowest BCUT2D eigenvalue weighted by molar-refractivity contribution is 0.874. The number of benzene rings is 1. The molecule has 2 aromatic rings. The van der Waals surface area contributed by atoms with Gasteiger partial charge in [-0.05, 0) is 63.6 Å². The predicted molar refractivity (Wildman–Crippen MR) is 88.8 cm³/mol. The molecule has 0 radical (unpaired) electrons. The molecule has 0 amide bonds. The van der Waals surface area contributed by atoms with E-state index in [9.17, 15) is 0 Å². The van der Waals surface area contributed by atoms with Crippen molar-refractivity contribution >= 4 is 29.9 Å². The smallest absolute Gasteiger partial charge is 0.192 e. The average Bonchev–Trinajstić information content (AvgIpc) is 2.44. The quantitative estimate of drug-likeness (QED) is 0.487. The van der Waals surface area contributed by atoms with Crippen molar-refractivity contribution in [2.75, 3.05) is 19.0 Å². The van der Waals surface area contributed by atoms with Crippen LogP contribution >= 0.6 is 11.8 Å². The van der Waals surface area contributed by atoms with E-state index in [-0.39, 0.29) is 0 Å². The van der Waals surface area contributed by atoms with Gasteiger partial charge in [-0.15, -0.1) is 0 Å². The van der Waals surface area contributed by atoms with E-state index in [0.29, 0.717) is 6.67 Å². The molecule has 1 aromatic carbocycles. The minimum Gasteiger partial charge on any atom is -0.371 e. The first kappa shape index (κ1) is 15.5. The van der Waals surface area contributed by atoms with Gasteiger partial charge in [0.1, 0.15) is 0 Å². The first-order chi connectivity index (χ1) is 10.1. The van der Waals surface area contributed by atoms with Crippen LogP contribution in [-0.4, -0.2) is 30.4 Å². The highest BCUT2D eigenvalue weighted by Gasteiger charge is 2.06. The molecule has 0 bridgehead atoms. The number of aliphatic imine (C=N–C) groups is 1. The van der Waals surface area contributed by atoms with Gasteiger partial charge >= 0.3 is 0 Å². The minimum atomic E-state index is 0.676. The monoisotopic (exact) mass is 301 g/mol. The van der Waals surface area contributed by atoms with Crippen LogP contribution in [0.15, 0.2) is 39.3 Å². The van der Waals surface area contributed by atoms with Crippen LogP contribution in [0.4, 0.5) is 11.4 Å². The fraction of sp³-hybridized carbons (Fsp3) is 0.267. The molecule has 0 aliphatic carbocycles. The fourth-order valence-electron chi connectivity index (χ4n) is 1.88. The Hall–Kier alpha value is -1.92. The van der Waals surface area contributed by atoms with E-state index in [1.165, 1.54) is 11.8 Å². The molecular formula is C15H19N5S. The van der Waals surface area contributed by atoms with Gasteiger partial charge in [-0.25, -0.2) is 9.97 Å². The molecule has 0 spiro atoms. The van der Waals surface area contributed by atoms with Crippen molar-refractivity contribution in [3.8, 4) is 0 Å². The molecule has 0 fully saturated rings. The molecule has 1 heterocycles. The third kappa shape index (κ3) is 4.27. The normalized spacial score (nSPS) is 10.4. The standard InChI is InChI=1S/C15H19N5S/c1-10-7-11(2)20-15(19-10)21-12-5-6-13(18-9-16-3)14(8-12)17-4/h5-8,16,18H,4,9H2,1-3H3. The van der Waals surface area contributed by atoms with Crippen molar-refractivity contribution in [3.63, 3.8) is 0 Å². The van der Waals surface area contributed by atoms with Crippen molar-refractivity contribution < 1.29 is 0 Å². The Kier molecular flexibility index (Phi) is 5.30. The van der Waals surface area contributed by atoms with E-state index in [4.69, 9.17) is 0 Å². The van der Waals surface area contributed by atoms with Crippen LogP contribution in [0.5, 0.6) is 0 Å². The lowest BCUT2D eigenvalue weighted by atomic mass is 10.2. The highest BCUT2D eigenvalue weighted by atomic mass is 32.2. The van der Waals surface area contributed by atoms with Gasteiger partial charge in [-0.1, -0.05) is 0 Å². The van der Waals surface area contributed by atoms with Crippen LogP contribution in [-0.2, 0) is 0 Å². The van der Waals surface area contributed by atoms with Gasteiger partial charge < -0.3 is 10.6 Å². The molecule has 2 rings (SSSR count). The third-order valence-corrected chi connectivity index (χ3v) is 3.62. The molecule has 0 unspecified atom stereocenters. The van der Waals surface area contributed by atoms with Crippen LogP contribution in [0.1, 0.15) is 11.4 Å². The summed E-state index contributed by atoms with van der Waals surface area (Å²) in [5.41, 5.74) is 3.71. The summed E-state index contributed by atoms with van der Waals surface area (Å²) in [7, 11) is 1.88. The van der Waals surface area contributed by atoms with Gasteiger partial charge in [0.15, 0.2) is 5.16 Å². The maximum atomic E-state index is 4.44. The average molecular weight is 301 g/mol. The number of aryl methyl sites for hydroxylation is 2. The van der Waals surface area contributed by atoms with Gasteiger partial charge in [0.25, 0.3) is 0 Å². The summed E-state index contributed by atoms with van der Waals surface area (Å²) in [6, 6.07) is 7.97. The van der Waals surface area contributed by atoms with Crippen molar-refractivity contribution in [1.29, 1.82) is 0 Å². The van der Waals surface area contributed by atoms with E-state index < -0.39 is 0 Å². The van der Waals surface area contributed by atoms with Gasteiger partial charge in [-0.3, -0.25) is 4.99 Å². The summed E-state index contributed by atoms with van der Waals surface area (Å²) in [5, 5.41) is 7.02. The van der Waals surface area contributed by atoms with Crippen LogP contribution in [0, 0.1) is 13.8 Å². The molecule has 5 nitrogen and oxygen atoms in total. The Morgan fingerprint density at radius 1 is 1.19 bits per heavy atom. The molecule has 0 aliphatic heterocycles. The second-order valence-corrected chi connectivity index (χ2v) is 5.62. The zero-order valence-corrected chi connectivity index (χ0v) is 13.3. The molecule has 1 aromatic heterocycles. The van der Waals surface area contributed by atoms with Gasteiger partial charge in [-0.2, -0.15) is 0 Å². The van der Waals surface area contributed by atoms with Crippen LogP contribution in [0.25, 0.3) is 0 Å². The Balaban J connectivity index is 2.22. The molecule has 0 aliphatic rings. The number of rotatable bonds is 6. The Morgan fingerprint density at radius 3 is 2.52 bits per heavy atom. The highest BCUT2D eigenvalue weighted by Crippen LogP contribution is 2.32. The Morgan fingerprint density at radius 2 is 1.90 bits per heavy atom. The maximum Gasteiger partial charge on any atom is 0.192 e. The molecule has 21 heavy (non-hydrogen) atoms. The van der Waals surface area contributed by atoms with Gasteiger partial charge in [0.05, 0.1) is 18.0 Å². The maximum absolute atomic E-state index is 4.44. The van der Waals surface area contributed by atoms with Gasteiger partial charge in [0, 0.05) is 16.3 Å². The van der Waals surface area contributed by atoms with E-state index >= 15 is 0 Å². The molecule has 0 atom stereocenters. The third-order valence-electron chi connectivity index (χ3n) is 2.77. The molecule has 2 N–H and O–H groups in total. The number of anilines is 1.